The van der Waals surface area contributed by atoms with E-state index in [1.807, 2.05) is 38.1 Å². The van der Waals surface area contributed by atoms with Gasteiger partial charge in [0.05, 0.1) is 23.9 Å². The van der Waals surface area contributed by atoms with E-state index >= 15 is 0 Å². The van der Waals surface area contributed by atoms with Crippen molar-refractivity contribution in [3.63, 3.8) is 0 Å². The standard InChI is InChI=1S/C20H23N3O3S/c1-6-15-9-16-10-17(7-8-18(16)21-11-15)26-14(2)19(27)23-20(3,13-24-4)12-22-25-5/h1,7-12,14H,13H2,2-5H3,(H,23,27). The van der Waals surface area contributed by atoms with Crippen LogP contribution < -0.4 is 10.1 Å². The smallest absolute Gasteiger partial charge is 0.146 e. The van der Waals surface area contributed by atoms with Gasteiger partial charge in [-0.15, -0.1) is 6.42 Å². The van der Waals surface area contributed by atoms with Crippen molar-refractivity contribution in [2.24, 2.45) is 5.16 Å². The average Bonchev–Trinajstić information content (AvgIpc) is 2.65. The molecule has 2 aromatic rings. The summed E-state index contributed by atoms with van der Waals surface area (Å²) in [7, 11) is 3.09. The number of fused-ring (bicyclic) bond motifs is 1. The molecule has 0 aliphatic carbocycles. The van der Waals surface area contributed by atoms with Crippen LogP contribution in [0, 0.1) is 12.3 Å². The van der Waals surface area contributed by atoms with Crippen molar-refractivity contribution in [2.45, 2.75) is 25.5 Å². The number of terminal acetylenes is 1. The van der Waals surface area contributed by atoms with Gasteiger partial charge in [-0.05, 0) is 38.1 Å². The number of nitrogens with zero attached hydrogens (tertiary/aromatic N) is 2. The maximum atomic E-state index is 5.99. The highest BCUT2D eigenvalue weighted by Crippen LogP contribution is 2.21. The molecule has 1 N–H and O–H groups in total. The lowest BCUT2D eigenvalue weighted by Crippen LogP contribution is -2.53. The molecule has 1 aromatic carbocycles. The number of methoxy groups -OCH3 is 1. The van der Waals surface area contributed by atoms with Crippen molar-refractivity contribution in [3.05, 3.63) is 36.0 Å². The molecular weight excluding hydrogens is 362 g/mol. The Balaban J connectivity index is 2.12. The fourth-order valence-corrected chi connectivity index (χ4v) is 2.76. The second kappa shape index (κ2) is 9.31. The third-order valence-corrected chi connectivity index (χ3v) is 4.23. The fourth-order valence-electron chi connectivity index (χ4n) is 2.48. The first-order chi connectivity index (χ1) is 12.9. The number of hydrogen-bond acceptors (Lipinski definition) is 6. The van der Waals surface area contributed by atoms with E-state index in [-0.39, 0.29) is 6.10 Å². The summed E-state index contributed by atoms with van der Waals surface area (Å²) in [6.07, 6.45) is 8.35. The molecule has 0 amide bonds. The molecule has 0 saturated heterocycles. The van der Waals surface area contributed by atoms with Gasteiger partial charge in [-0.3, -0.25) is 4.98 Å². The van der Waals surface area contributed by atoms with Crippen LogP contribution in [-0.2, 0) is 9.57 Å². The van der Waals surface area contributed by atoms with E-state index in [2.05, 4.69) is 21.4 Å². The summed E-state index contributed by atoms with van der Waals surface area (Å²) in [4.78, 5) is 9.61. The SMILES string of the molecule is C#Cc1cnc2ccc(OC(C)C(=S)NC(C)(C=NOC)COC)cc2c1. The monoisotopic (exact) mass is 385 g/mol. The lowest BCUT2D eigenvalue weighted by Gasteiger charge is -2.29. The largest absolute Gasteiger partial charge is 0.484 e. The van der Waals surface area contributed by atoms with E-state index in [4.69, 9.17) is 33.0 Å². The molecule has 0 saturated carbocycles. The van der Waals surface area contributed by atoms with E-state index in [9.17, 15) is 0 Å². The van der Waals surface area contributed by atoms with E-state index < -0.39 is 5.54 Å². The molecule has 7 heteroatoms. The lowest BCUT2D eigenvalue weighted by atomic mass is 10.1. The first-order valence-corrected chi connectivity index (χ1v) is 8.73. The molecule has 2 rings (SSSR count). The van der Waals surface area contributed by atoms with Gasteiger partial charge in [0.2, 0.25) is 0 Å². The normalized spacial score (nSPS) is 14.3. The molecule has 2 atom stereocenters. The minimum absolute atomic E-state index is 0.364. The van der Waals surface area contributed by atoms with Gasteiger partial charge < -0.3 is 19.6 Å². The van der Waals surface area contributed by atoms with Crippen molar-refractivity contribution < 1.29 is 14.3 Å². The maximum Gasteiger partial charge on any atom is 0.146 e. The second-order valence-corrected chi connectivity index (χ2v) is 6.68. The Morgan fingerprint density at radius 2 is 2.22 bits per heavy atom. The van der Waals surface area contributed by atoms with Gasteiger partial charge in [0.1, 0.15) is 24.0 Å². The summed E-state index contributed by atoms with van der Waals surface area (Å²) >= 11 is 5.49. The van der Waals surface area contributed by atoms with Gasteiger partial charge in [0.25, 0.3) is 0 Å². The molecule has 0 spiro atoms. The van der Waals surface area contributed by atoms with E-state index in [0.29, 0.717) is 17.3 Å². The van der Waals surface area contributed by atoms with Gasteiger partial charge in [-0.25, -0.2) is 0 Å². The number of benzene rings is 1. The molecule has 0 aliphatic heterocycles. The lowest BCUT2D eigenvalue weighted by molar-refractivity contribution is 0.155. The summed E-state index contributed by atoms with van der Waals surface area (Å²) in [6.45, 7) is 4.14. The van der Waals surface area contributed by atoms with E-state index in [1.54, 1.807) is 19.5 Å². The van der Waals surface area contributed by atoms with Gasteiger partial charge in [0.15, 0.2) is 0 Å². The molecule has 0 bridgehead atoms. The third-order valence-electron chi connectivity index (χ3n) is 3.80. The third kappa shape index (κ3) is 5.64. The van der Waals surface area contributed by atoms with Crippen molar-refractivity contribution >= 4 is 34.3 Å². The molecule has 6 nitrogen and oxygen atoms in total. The van der Waals surface area contributed by atoms with Crippen molar-refractivity contribution in [2.75, 3.05) is 20.8 Å². The first-order valence-electron chi connectivity index (χ1n) is 8.32. The van der Waals surface area contributed by atoms with Gasteiger partial charge in [0, 0.05) is 24.3 Å². The Kier molecular flexibility index (Phi) is 7.11. The minimum Gasteiger partial charge on any atom is -0.484 e. The molecule has 1 heterocycles. The summed E-state index contributed by atoms with van der Waals surface area (Å²) in [5.74, 6) is 3.26. The highest BCUT2D eigenvalue weighted by atomic mass is 32.1. The highest BCUT2D eigenvalue weighted by Gasteiger charge is 2.26. The topological polar surface area (TPSA) is 65.0 Å². The molecule has 2 unspecified atom stereocenters. The van der Waals surface area contributed by atoms with Crippen molar-refractivity contribution in [3.8, 4) is 18.1 Å². The van der Waals surface area contributed by atoms with Gasteiger partial charge in [-0.2, -0.15) is 0 Å². The van der Waals surface area contributed by atoms with Crippen molar-refractivity contribution in [1.29, 1.82) is 0 Å². The summed E-state index contributed by atoms with van der Waals surface area (Å²) in [6, 6.07) is 7.52. The second-order valence-electron chi connectivity index (χ2n) is 6.24. The number of thiocarbonyl (C=S) groups is 1. The number of oxime groups is 1. The fraction of sp³-hybridized carbons (Fsp3) is 0.350. The number of aromatic nitrogens is 1. The molecule has 0 aliphatic rings. The molecule has 27 heavy (non-hydrogen) atoms. The van der Waals surface area contributed by atoms with Crippen LogP contribution >= 0.6 is 12.2 Å². The number of hydrogen-bond donors (Lipinski definition) is 1. The summed E-state index contributed by atoms with van der Waals surface area (Å²) in [5, 5.41) is 7.94. The highest BCUT2D eigenvalue weighted by molar-refractivity contribution is 7.80. The minimum atomic E-state index is -0.617. The Morgan fingerprint density at radius 1 is 1.44 bits per heavy atom. The maximum absolute atomic E-state index is 5.99. The Bertz CT molecular complexity index is 878. The number of pyridine rings is 1. The Hall–Kier alpha value is -2.69. The molecule has 1 aromatic heterocycles. The van der Waals surface area contributed by atoms with Gasteiger partial charge >= 0.3 is 0 Å². The van der Waals surface area contributed by atoms with Crippen LogP contribution in [0.5, 0.6) is 5.75 Å². The van der Waals surface area contributed by atoms with Crippen LogP contribution in [0.15, 0.2) is 35.6 Å². The van der Waals surface area contributed by atoms with Crippen molar-refractivity contribution in [1.82, 2.24) is 10.3 Å². The zero-order chi connectivity index (χ0) is 19.9. The van der Waals surface area contributed by atoms with Crippen LogP contribution in [0.25, 0.3) is 10.9 Å². The summed E-state index contributed by atoms with van der Waals surface area (Å²) < 4.78 is 11.2. The molecule has 0 fully saturated rings. The Morgan fingerprint density at radius 3 is 2.89 bits per heavy atom. The number of rotatable bonds is 8. The number of ether oxygens (including phenoxy) is 2. The van der Waals surface area contributed by atoms with Crippen LogP contribution in [0.2, 0.25) is 0 Å². The Labute approximate surface area is 164 Å². The van der Waals surface area contributed by atoms with Crippen LogP contribution in [-0.4, -0.2) is 48.7 Å². The molecule has 142 valence electrons. The molecular formula is C20H23N3O3S. The predicted octanol–water partition coefficient (Wildman–Crippen LogP) is 2.94. The first kappa shape index (κ1) is 20.6. The zero-order valence-corrected chi connectivity index (χ0v) is 16.7. The quantitative estimate of drug-likeness (QED) is 0.326. The molecule has 0 radical (unpaired) electrons. The predicted molar refractivity (Wildman–Crippen MR) is 111 cm³/mol. The van der Waals surface area contributed by atoms with Gasteiger partial charge in [-0.1, -0.05) is 23.3 Å². The van der Waals surface area contributed by atoms with Crippen LogP contribution in [0.3, 0.4) is 0 Å². The number of nitrogens with one attached hydrogen (secondary N) is 1. The van der Waals surface area contributed by atoms with Crippen LogP contribution in [0.4, 0.5) is 0 Å². The zero-order valence-electron chi connectivity index (χ0n) is 15.9. The summed E-state index contributed by atoms with van der Waals surface area (Å²) in [5.41, 5.74) is 0.949. The van der Waals surface area contributed by atoms with Crippen LogP contribution in [0.1, 0.15) is 19.4 Å². The van der Waals surface area contributed by atoms with E-state index in [1.165, 1.54) is 7.11 Å². The van der Waals surface area contributed by atoms with E-state index in [0.717, 1.165) is 16.5 Å². The average molecular weight is 385 g/mol.